The molecule has 0 radical (unpaired) electrons. The summed E-state index contributed by atoms with van der Waals surface area (Å²) in [5.74, 6) is -0.499. The van der Waals surface area contributed by atoms with Crippen LogP contribution in [-0.4, -0.2) is 57.1 Å². The Morgan fingerprint density at radius 3 is 2.92 bits per heavy atom. The quantitative estimate of drug-likeness (QED) is 0.728. The van der Waals surface area contributed by atoms with Gasteiger partial charge in [0.05, 0.1) is 12.2 Å². The summed E-state index contributed by atoms with van der Waals surface area (Å²) in [7, 11) is 0. The minimum atomic E-state index is -0.274. The third-order valence-corrected chi connectivity index (χ3v) is 4.54. The summed E-state index contributed by atoms with van der Waals surface area (Å²) in [6.07, 6.45) is 4.21. The number of amides is 1. The lowest BCUT2D eigenvalue weighted by Gasteiger charge is -2.32. The molecule has 1 amide bonds. The number of carbonyl (C=O) groups is 1. The van der Waals surface area contributed by atoms with Gasteiger partial charge in [-0.15, -0.1) is 5.10 Å². The number of aliphatic hydroxyl groups is 1. The lowest BCUT2D eigenvalue weighted by atomic mass is 10.0. The van der Waals surface area contributed by atoms with Crippen LogP contribution < -0.4 is 5.32 Å². The Hall–Kier alpha value is -2.32. The first-order valence-corrected chi connectivity index (χ1v) is 8.93. The number of hydrogen-bond donors (Lipinski definition) is 2. The Morgan fingerprint density at radius 2 is 2.15 bits per heavy atom. The summed E-state index contributed by atoms with van der Waals surface area (Å²) in [5, 5.41) is 19.6. The van der Waals surface area contributed by atoms with E-state index >= 15 is 0 Å². The number of aromatic nitrogens is 3. The largest absolute Gasteiger partial charge is 0.396 e. The fraction of sp³-hybridized carbons (Fsp3) is 0.500. The van der Waals surface area contributed by atoms with Crippen LogP contribution >= 0.6 is 0 Å². The van der Waals surface area contributed by atoms with Crippen LogP contribution in [0.2, 0.25) is 0 Å². The molecule has 7 nitrogen and oxygen atoms in total. The Balaban J connectivity index is 1.57. The maximum absolute atomic E-state index is 13.0. The summed E-state index contributed by atoms with van der Waals surface area (Å²) >= 11 is 0. The highest BCUT2D eigenvalue weighted by atomic mass is 19.1. The van der Waals surface area contributed by atoms with E-state index in [9.17, 15) is 9.18 Å². The zero-order valence-corrected chi connectivity index (χ0v) is 14.6. The molecule has 1 aliphatic heterocycles. The maximum Gasteiger partial charge on any atom is 0.273 e. The molecular weight excluding hydrogens is 337 g/mol. The average Bonchev–Trinajstić information content (AvgIpc) is 3.14. The average molecular weight is 361 g/mol. The van der Waals surface area contributed by atoms with Crippen LogP contribution in [0.5, 0.6) is 0 Å². The summed E-state index contributed by atoms with van der Waals surface area (Å²) < 4.78 is 14.8. The van der Waals surface area contributed by atoms with E-state index in [1.165, 1.54) is 12.1 Å². The highest BCUT2D eigenvalue weighted by molar-refractivity contribution is 5.91. The van der Waals surface area contributed by atoms with Crippen molar-refractivity contribution in [1.29, 1.82) is 0 Å². The van der Waals surface area contributed by atoms with Crippen molar-refractivity contribution in [2.75, 3.05) is 26.2 Å². The van der Waals surface area contributed by atoms with Crippen molar-refractivity contribution in [2.45, 2.75) is 31.8 Å². The van der Waals surface area contributed by atoms with Crippen LogP contribution in [0.15, 0.2) is 30.5 Å². The monoisotopic (exact) mass is 361 g/mol. The molecule has 1 fully saturated rings. The molecule has 1 atom stereocenters. The van der Waals surface area contributed by atoms with Gasteiger partial charge in [0.25, 0.3) is 5.91 Å². The molecule has 26 heavy (non-hydrogen) atoms. The van der Waals surface area contributed by atoms with E-state index in [0.29, 0.717) is 18.7 Å². The molecule has 2 heterocycles. The Kier molecular flexibility index (Phi) is 6.30. The number of halogens is 1. The normalized spacial score (nSPS) is 18.0. The van der Waals surface area contributed by atoms with Gasteiger partial charge in [0.2, 0.25) is 0 Å². The minimum Gasteiger partial charge on any atom is -0.396 e. The third kappa shape index (κ3) is 4.86. The third-order valence-electron chi connectivity index (χ3n) is 4.54. The second-order valence-corrected chi connectivity index (χ2v) is 6.57. The van der Waals surface area contributed by atoms with E-state index in [0.717, 1.165) is 38.0 Å². The summed E-state index contributed by atoms with van der Waals surface area (Å²) in [4.78, 5) is 14.3. The number of nitrogens with one attached hydrogen (secondary N) is 1. The highest BCUT2D eigenvalue weighted by Crippen LogP contribution is 2.22. The second kappa shape index (κ2) is 8.86. The van der Waals surface area contributed by atoms with Gasteiger partial charge in [0.15, 0.2) is 5.69 Å². The molecule has 1 aromatic carbocycles. The Morgan fingerprint density at radius 1 is 1.35 bits per heavy atom. The molecule has 140 valence electrons. The fourth-order valence-electron chi connectivity index (χ4n) is 3.17. The number of benzene rings is 1. The van der Waals surface area contributed by atoms with Crippen molar-refractivity contribution >= 4 is 5.91 Å². The minimum absolute atomic E-state index is 0.0406. The van der Waals surface area contributed by atoms with Gasteiger partial charge in [-0.1, -0.05) is 17.3 Å². The van der Waals surface area contributed by atoms with E-state index in [2.05, 4.69) is 20.5 Å². The maximum atomic E-state index is 13.0. The SMILES string of the molecule is O=C(NCCCO)c1cn(C2CCCN(Cc3ccc(F)cc3)C2)nn1. The van der Waals surface area contributed by atoms with Crippen LogP contribution in [0, 0.1) is 5.82 Å². The van der Waals surface area contributed by atoms with Crippen molar-refractivity contribution < 1.29 is 14.3 Å². The number of nitrogens with zero attached hydrogens (tertiary/aromatic N) is 4. The van der Waals surface area contributed by atoms with Gasteiger partial charge >= 0.3 is 0 Å². The first-order valence-electron chi connectivity index (χ1n) is 8.93. The van der Waals surface area contributed by atoms with Gasteiger partial charge < -0.3 is 10.4 Å². The first-order chi connectivity index (χ1) is 12.7. The van der Waals surface area contributed by atoms with Crippen molar-refractivity contribution in [3.8, 4) is 0 Å². The van der Waals surface area contributed by atoms with Crippen molar-refractivity contribution in [3.63, 3.8) is 0 Å². The molecule has 1 aromatic heterocycles. The van der Waals surface area contributed by atoms with Gasteiger partial charge in [-0.25, -0.2) is 9.07 Å². The fourth-order valence-corrected chi connectivity index (χ4v) is 3.17. The van der Waals surface area contributed by atoms with Crippen molar-refractivity contribution in [3.05, 3.63) is 47.5 Å². The van der Waals surface area contributed by atoms with E-state index < -0.39 is 0 Å². The van der Waals surface area contributed by atoms with E-state index in [4.69, 9.17) is 5.11 Å². The zero-order valence-electron chi connectivity index (χ0n) is 14.6. The van der Waals surface area contributed by atoms with Gasteiger partial charge in [0, 0.05) is 26.2 Å². The zero-order chi connectivity index (χ0) is 18.4. The smallest absolute Gasteiger partial charge is 0.273 e. The molecule has 8 heteroatoms. The molecule has 0 spiro atoms. The first kappa shape index (κ1) is 18.5. The summed E-state index contributed by atoms with van der Waals surface area (Å²) in [5.41, 5.74) is 1.37. The Bertz CT molecular complexity index is 719. The second-order valence-electron chi connectivity index (χ2n) is 6.57. The van der Waals surface area contributed by atoms with E-state index in [-0.39, 0.29) is 24.4 Å². The summed E-state index contributed by atoms with van der Waals surface area (Å²) in [6, 6.07) is 6.74. The number of rotatable bonds is 7. The highest BCUT2D eigenvalue weighted by Gasteiger charge is 2.23. The van der Waals surface area contributed by atoms with Crippen molar-refractivity contribution in [2.24, 2.45) is 0 Å². The van der Waals surface area contributed by atoms with E-state index in [1.54, 1.807) is 10.9 Å². The molecular formula is C18H24FN5O2. The predicted molar refractivity (Wildman–Crippen MR) is 94.0 cm³/mol. The molecule has 2 aromatic rings. The van der Waals surface area contributed by atoms with Gasteiger partial charge in [0.1, 0.15) is 5.82 Å². The molecule has 0 bridgehead atoms. The number of aliphatic hydroxyl groups excluding tert-OH is 1. The molecule has 0 aliphatic carbocycles. The topological polar surface area (TPSA) is 83.3 Å². The Labute approximate surface area is 151 Å². The molecule has 3 rings (SSSR count). The lowest BCUT2D eigenvalue weighted by molar-refractivity contribution is 0.0946. The van der Waals surface area contributed by atoms with E-state index in [1.807, 2.05) is 12.1 Å². The van der Waals surface area contributed by atoms with Crippen LogP contribution in [-0.2, 0) is 6.54 Å². The molecule has 1 unspecified atom stereocenters. The summed E-state index contributed by atoms with van der Waals surface area (Å²) in [6.45, 7) is 3.01. The number of likely N-dealkylation sites (tertiary alicyclic amines) is 1. The van der Waals surface area contributed by atoms with Crippen LogP contribution in [0.25, 0.3) is 0 Å². The number of hydrogen-bond acceptors (Lipinski definition) is 5. The molecule has 2 N–H and O–H groups in total. The molecule has 1 aliphatic rings. The lowest BCUT2D eigenvalue weighted by Crippen LogP contribution is -2.36. The van der Waals surface area contributed by atoms with Crippen LogP contribution in [0.4, 0.5) is 4.39 Å². The molecule has 0 saturated carbocycles. The number of carbonyl (C=O) groups excluding carboxylic acids is 1. The van der Waals surface area contributed by atoms with Gasteiger partial charge in [-0.2, -0.15) is 0 Å². The van der Waals surface area contributed by atoms with Crippen LogP contribution in [0.1, 0.15) is 41.4 Å². The van der Waals surface area contributed by atoms with Gasteiger partial charge in [-0.3, -0.25) is 9.69 Å². The predicted octanol–water partition coefficient (Wildman–Crippen LogP) is 1.37. The van der Waals surface area contributed by atoms with Gasteiger partial charge in [-0.05, 0) is 43.5 Å². The molecule has 1 saturated heterocycles. The number of piperidine rings is 1. The van der Waals surface area contributed by atoms with Crippen molar-refractivity contribution in [1.82, 2.24) is 25.2 Å². The van der Waals surface area contributed by atoms with Crippen LogP contribution in [0.3, 0.4) is 0 Å². The standard InChI is InChI=1S/C18H24FN5O2/c19-15-6-4-14(5-7-15)11-23-9-1-3-16(12-23)24-13-17(21-22-24)18(26)20-8-2-10-25/h4-7,13,16,25H,1-3,8-12H2,(H,20,26).